The van der Waals surface area contributed by atoms with Gasteiger partial charge in [0.05, 0.1) is 19.3 Å². The Morgan fingerprint density at radius 3 is 3.00 bits per heavy atom. The van der Waals surface area contributed by atoms with Crippen molar-refractivity contribution >= 4 is 5.97 Å². The highest BCUT2D eigenvalue weighted by Gasteiger charge is 2.07. The van der Waals surface area contributed by atoms with E-state index >= 15 is 0 Å². The van der Waals surface area contributed by atoms with Crippen molar-refractivity contribution in [2.45, 2.75) is 19.9 Å². The molecule has 6 heteroatoms. The van der Waals surface area contributed by atoms with E-state index in [0.29, 0.717) is 19.8 Å². The second-order valence-electron chi connectivity index (χ2n) is 2.78. The van der Waals surface area contributed by atoms with E-state index in [-0.39, 0.29) is 5.69 Å². The van der Waals surface area contributed by atoms with Crippen LogP contribution in [0.25, 0.3) is 0 Å². The molecule has 0 spiro atoms. The molecule has 14 heavy (non-hydrogen) atoms. The Morgan fingerprint density at radius 2 is 2.43 bits per heavy atom. The van der Waals surface area contributed by atoms with Crippen LogP contribution in [0.15, 0.2) is 6.20 Å². The number of carbonyl (C=O) groups is 1. The first-order chi connectivity index (χ1) is 6.74. The predicted octanol–water partition coefficient (Wildman–Crippen LogP) is 0.403. The van der Waals surface area contributed by atoms with E-state index in [1.165, 1.54) is 10.9 Å². The molecule has 6 nitrogen and oxygen atoms in total. The molecule has 1 rings (SSSR count). The van der Waals surface area contributed by atoms with Crippen molar-refractivity contribution < 1.29 is 14.6 Å². The minimum Gasteiger partial charge on any atom is -0.476 e. The maximum atomic E-state index is 10.4. The number of hydrogen-bond acceptors (Lipinski definition) is 4. The van der Waals surface area contributed by atoms with Crippen molar-refractivity contribution in [2.24, 2.45) is 0 Å². The zero-order chi connectivity index (χ0) is 10.4. The van der Waals surface area contributed by atoms with E-state index in [1.54, 1.807) is 0 Å². The lowest BCUT2D eigenvalue weighted by molar-refractivity contribution is 0.0690. The molecule has 0 saturated carbocycles. The van der Waals surface area contributed by atoms with Crippen LogP contribution in [-0.2, 0) is 11.3 Å². The number of ether oxygens (including phenoxy) is 1. The number of aromatic nitrogens is 3. The fraction of sp³-hybridized carbons (Fsp3) is 0.625. The smallest absolute Gasteiger partial charge is 0.358 e. The quantitative estimate of drug-likeness (QED) is 0.671. The molecule has 1 aromatic heterocycles. The van der Waals surface area contributed by atoms with Gasteiger partial charge in [0.15, 0.2) is 5.69 Å². The van der Waals surface area contributed by atoms with Gasteiger partial charge in [0.1, 0.15) is 0 Å². The standard InChI is InChI=1S/C8H13N3O3/c1-2-4-14-5-3-11-6-7(8(12)13)9-10-11/h6H,2-5H2,1H3,(H,12,13). The van der Waals surface area contributed by atoms with E-state index in [2.05, 4.69) is 10.3 Å². The van der Waals surface area contributed by atoms with Gasteiger partial charge in [0.2, 0.25) is 0 Å². The van der Waals surface area contributed by atoms with Crippen LogP contribution >= 0.6 is 0 Å². The molecular formula is C8H13N3O3. The maximum Gasteiger partial charge on any atom is 0.358 e. The summed E-state index contributed by atoms with van der Waals surface area (Å²) in [4.78, 5) is 10.4. The van der Waals surface area contributed by atoms with Gasteiger partial charge in [0, 0.05) is 6.61 Å². The third-order valence-corrected chi connectivity index (χ3v) is 1.57. The van der Waals surface area contributed by atoms with Crippen LogP contribution in [-0.4, -0.2) is 39.3 Å². The number of rotatable bonds is 6. The number of nitrogens with zero attached hydrogens (tertiary/aromatic N) is 3. The highest BCUT2D eigenvalue weighted by Crippen LogP contribution is 1.92. The first kappa shape index (κ1) is 10.6. The molecule has 0 radical (unpaired) electrons. The van der Waals surface area contributed by atoms with Crippen molar-refractivity contribution in [3.63, 3.8) is 0 Å². The molecule has 0 atom stereocenters. The lowest BCUT2D eigenvalue weighted by Crippen LogP contribution is -2.07. The van der Waals surface area contributed by atoms with Crippen LogP contribution in [0, 0.1) is 0 Å². The molecule has 0 saturated heterocycles. The fourth-order valence-corrected chi connectivity index (χ4v) is 0.910. The van der Waals surface area contributed by atoms with Crippen LogP contribution in [0.3, 0.4) is 0 Å². The summed E-state index contributed by atoms with van der Waals surface area (Å²) in [5, 5.41) is 15.7. The normalized spacial score (nSPS) is 10.4. The minimum absolute atomic E-state index is 0.0412. The largest absolute Gasteiger partial charge is 0.476 e. The number of hydrogen-bond donors (Lipinski definition) is 1. The SMILES string of the molecule is CCCOCCn1cc(C(=O)O)nn1. The molecule has 1 heterocycles. The fourth-order valence-electron chi connectivity index (χ4n) is 0.910. The van der Waals surface area contributed by atoms with Crippen molar-refractivity contribution in [1.82, 2.24) is 15.0 Å². The third-order valence-electron chi connectivity index (χ3n) is 1.57. The molecule has 78 valence electrons. The van der Waals surface area contributed by atoms with Crippen molar-refractivity contribution in [1.29, 1.82) is 0 Å². The summed E-state index contributed by atoms with van der Waals surface area (Å²) < 4.78 is 6.68. The van der Waals surface area contributed by atoms with Crippen molar-refractivity contribution in [3.8, 4) is 0 Å². The third kappa shape index (κ3) is 3.14. The Balaban J connectivity index is 2.33. The van der Waals surface area contributed by atoms with Crippen molar-refractivity contribution in [2.75, 3.05) is 13.2 Å². The second kappa shape index (κ2) is 5.33. The van der Waals surface area contributed by atoms with Gasteiger partial charge in [-0.25, -0.2) is 9.48 Å². The van der Waals surface area contributed by atoms with E-state index < -0.39 is 5.97 Å². The summed E-state index contributed by atoms with van der Waals surface area (Å²) >= 11 is 0. The maximum absolute atomic E-state index is 10.4. The summed E-state index contributed by atoms with van der Waals surface area (Å²) in [6.45, 7) is 3.79. The van der Waals surface area contributed by atoms with Gasteiger partial charge >= 0.3 is 5.97 Å². The molecule has 1 N–H and O–H groups in total. The highest BCUT2D eigenvalue weighted by atomic mass is 16.5. The van der Waals surface area contributed by atoms with Crippen LogP contribution in [0.5, 0.6) is 0 Å². The molecule has 0 amide bonds. The van der Waals surface area contributed by atoms with Gasteiger partial charge in [-0.1, -0.05) is 12.1 Å². The van der Waals surface area contributed by atoms with E-state index in [0.717, 1.165) is 6.42 Å². The Kier molecular flexibility index (Phi) is 4.06. The zero-order valence-electron chi connectivity index (χ0n) is 8.01. The van der Waals surface area contributed by atoms with Gasteiger partial charge < -0.3 is 9.84 Å². The molecule has 0 aliphatic carbocycles. The van der Waals surface area contributed by atoms with Gasteiger partial charge in [-0.15, -0.1) is 5.10 Å². The molecule has 0 aromatic carbocycles. The zero-order valence-corrected chi connectivity index (χ0v) is 8.01. The molecule has 1 aromatic rings. The van der Waals surface area contributed by atoms with Gasteiger partial charge in [0.25, 0.3) is 0 Å². The average Bonchev–Trinajstić information content (AvgIpc) is 2.61. The molecule has 0 fully saturated rings. The summed E-state index contributed by atoms with van der Waals surface area (Å²) in [7, 11) is 0. The molecule has 0 bridgehead atoms. The monoisotopic (exact) mass is 199 g/mol. The molecular weight excluding hydrogens is 186 g/mol. The number of carboxylic acids is 1. The predicted molar refractivity (Wildman–Crippen MR) is 48.1 cm³/mol. The molecule has 0 unspecified atom stereocenters. The first-order valence-corrected chi connectivity index (χ1v) is 4.45. The van der Waals surface area contributed by atoms with Crippen LogP contribution in [0.1, 0.15) is 23.8 Å². The van der Waals surface area contributed by atoms with Crippen LogP contribution < -0.4 is 0 Å². The van der Waals surface area contributed by atoms with E-state index in [9.17, 15) is 4.79 Å². The van der Waals surface area contributed by atoms with Gasteiger partial charge in [-0.05, 0) is 6.42 Å². The number of carboxylic acid groups (broad SMARTS) is 1. The van der Waals surface area contributed by atoms with Crippen LogP contribution in [0.4, 0.5) is 0 Å². The Labute approximate surface area is 81.5 Å². The summed E-state index contributed by atoms with van der Waals surface area (Å²) in [6, 6.07) is 0. The summed E-state index contributed by atoms with van der Waals surface area (Å²) in [5.41, 5.74) is -0.0412. The molecule has 0 aliphatic rings. The number of aromatic carboxylic acids is 1. The highest BCUT2D eigenvalue weighted by molar-refractivity contribution is 5.84. The topological polar surface area (TPSA) is 77.2 Å². The Morgan fingerprint density at radius 1 is 1.64 bits per heavy atom. The summed E-state index contributed by atoms with van der Waals surface area (Å²) in [6.07, 6.45) is 2.36. The second-order valence-corrected chi connectivity index (χ2v) is 2.78. The lowest BCUT2D eigenvalue weighted by Gasteiger charge is -2.00. The van der Waals surface area contributed by atoms with E-state index in [1.807, 2.05) is 6.92 Å². The van der Waals surface area contributed by atoms with E-state index in [4.69, 9.17) is 9.84 Å². The van der Waals surface area contributed by atoms with Gasteiger partial charge in [-0.3, -0.25) is 0 Å². The Bertz CT molecular complexity index is 298. The minimum atomic E-state index is -1.06. The average molecular weight is 199 g/mol. The summed E-state index contributed by atoms with van der Waals surface area (Å²) in [5.74, 6) is -1.06. The Hall–Kier alpha value is -1.43. The lowest BCUT2D eigenvalue weighted by atomic mass is 10.5. The van der Waals surface area contributed by atoms with Gasteiger partial charge in [-0.2, -0.15) is 0 Å². The van der Waals surface area contributed by atoms with Crippen LogP contribution in [0.2, 0.25) is 0 Å². The molecule has 0 aliphatic heterocycles. The van der Waals surface area contributed by atoms with Crippen molar-refractivity contribution in [3.05, 3.63) is 11.9 Å². The first-order valence-electron chi connectivity index (χ1n) is 4.45.